The molecule has 2 aliphatic rings. The van der Waals surface area contributed by atoms with Crippen LogP contribution >= 0.6 is 0 Å². The minimum atomic E-state index is -0.438. The van der Waals surface area contributed by atoms with E-state index < -0.39 is 6.10 Å². The number of hydrogen-bond donors (Lipinski definition) is 1. The summed E-state index contributed by atoms with van der Waals surface area (Å²) >= 11 is 0. The van der Waals surface area contributed by atoms with Crippen LogP contribution in [0.3, 0.4) is 0 Å². The molecular weight excluding hydrogens is 338 g/mol. The molecule has 142 valence electrons. The van der Waals surface area contributed by atoms with Crippen molar-refractivity contribution in [3.05, 3.63) is 58.4 Å². The average molecular weight is 365 g/mol. The summed E-state index contributed by atoms with van der Waals surface area (Å²) in [6.07, 6.45) is 0.168. The van der Waals surface area contributed by atoms with Gasteiger partial charge in [0, 0.05) is 43.4 Å². The van der Waals surface area contributed by atoms with Gasteiger partial charge < -0.3 is 14.9 Å². The minimum Gasteiger partial charge on any atom is -0.389 e. The molecule has 1 saturated heterocycles. The molecule has 4 rings (SSSR count). The fourth-order valence-electron chi connectivity index (χ4n) is 4.14. The molecule has 1 atom stereocenters. The number of pyridine rings is 1. The predicted octanol–water partition coefficient (Wildman–Crippen LogP) is 3.12. The number of nitrogens with zero attached hydrogens (tertiary/aromatic N) is 3. The number of anilines is 1. The van der Waals surface area contributed by atoms with Gasteiger partial charge in [-0.3, -0.25) is 9.78 Å². The number of amides is 1. The Hall–Kier alpha value is -2.40. The summed E-state index contributed by atoms with van der Waals surface area (Å²) in [7, 11) is 0. The third-order valence-electron chi connectivity index (χ3n) is 5.76. The Morgan fingerprint density at radius 1 is 1.22 bits per heavy atom. The number of benzene rings is 1. The van der Waals surface area contributed by atoms with Gasteiger partial charge >= 0.3 is 0 Å². The maximum Gasteiger partial charge on any atom is 0.223 e. The number of aliphatic hydroxyl groups excluding tert-OH is 1. The Morgan fingerprint density at radius 3 is 2.59 bits per heavy atom. The van der Waals surface area contributed by atoms with Crippen molar-refractivity contribution >= 4 is 11.6 Å². The third kappa shape index (κ3) is 3.56. The standard InChI is InChI=1S/C22H27N3O2/c1-14-8-15(2)23-21-13-25(12-20(14)21)22(27)9-17-10-24(11-17)19-6-4-18(5-7-19)16(3)26/h4-8,16-17,26H,9-13H2,1-3H3. The molecule has 3 heterocycles. The molecule has 1 unspecified atom stereocenters. The van der Waals surface area contributed by atoms with Crippen molar-refractivity contribution in [1.29, 1.82) is 0 Å². The van der Waals surface area contributed by atoms with Gasteiger partial charge in [0.25, 0.3) is 0 Å². The summed E-state index contributed by atoms with van der Waals surface area (Å²) in [6.45, 7) is 9.06. The monoisotopic (exact) mass is 365 g/mol. The molecule has 1 amide bonds. The van der Waals surface area contributed by atoms with Crippen LogP contribution in [0.25, 0.3) is 0 Å². The molecule has 0 aliphatic carbocycles. The van der Waals surface area contributed by atoms with E-state index in [1.165, 1.54) is 11.1 Å². The van der Waals surface area contributed by atoms with Crippen molar-refractivity contribution in [3.63, 3.8) is 0 Å². The lowest BCUT2D eigenvalue weighted by Gasteiger charge is -2.41. The molecule has 27 heavy (non-hydrogen) atoms. The molecule has 2 aliphatic heterocycles. The van der Waals surface area contributed by atoms with Crippen LogP contribution in [0.15, 0.2) is 30.3 Å². The van der Waals surface area contributed by atoms with Crippen molar-refractivity contribution in [2.75, 3.05) is 18.0 Å². The van der Waals surface area contributed by atoms with E-state index >= 15 is 0 Å². The zero-order valence-corrected chi connectivity index (χ0v) is 16.3. The van der Waals surface area contributed by atoms with E-state index in [-0.39, 0.29) is 5.91 Å². The molecule has 5 heteroatoms. The molecule has 1 N–H and O–H groups in total. The summed E-state index contributed by atoms with van der Waals surface area (Å²) < 4.78 is 0. The summed E-state index contributed by atoms with van der Waals surface area (Å²) in [6, 6.07) is 10.1. The first-order valence-electron chi connectivity index (χ1n) is 9.67. The third-order valence-corrected chi connectivity index (χ3v) is 5.76. The minimum absolute atomic E-state index is 0.235. The maximum atomic E-state index is 12.7. The topological polar surface area (TPSA) is 56.7 Å². The number of aryl methyl sites for hydroxylation is 2. The lowest BCUT2D eigenvalue weighted by Crippen LogP contribution is -2.48. The Kier molecular flexibility index (Phi) is 4.64. The van der Waals surface area contributed by atoms with E-state index in [0.717, 1.165) is 35.7 Å². The zero-order valence-electron chi connectivity index (χ0n) is 16.3. The summed E-state index contributed by atoms with van der Waals surface area (Å²) in [4.78, 5) is 21.6. The highest BCUT2D eigenvalue weighted by molar-refractivity contribution is 5.77. The van der Waals surface area contributed by atoms with E-state index in [1.807, 2.05) is 36.1 Å². The highest BCUT2D eigenvalue weighted by Crippen LogP contribution is 2.30. The Bertz CT molecular complexity index is 855. The highest BCUT2D eigenvalue weighted by Gasteiger charge is 2.32. The second-order valence-electron chi connectivity index (χ2n) is 8.00. The molecule has 0 spiro atoms. The van der Waals surface area contributed by atoms with Crippen molar-refractivity contribution in [3.8, 4) is 0 Å². The maximum absolute atomic E-state index is 12.7. The molecule has 1 aromatic heterocycles. The van der Waals surface area contributed by atoms with Gasteiger partial charge in [0.1, 0.15) is 0 Å². The normalized spacial score (nSPS) is 17.6. The molecule has 5 nitrogen and oxygen atoms in total. The molecule has 0 saturated carbocycles. The fourth-order valence-corrected chi connectivity index (χ4v) is 4.14. The summed E-state index contributed by atoms with van der Waals surface area (Å²) in [5.41, 5.74) is 6.64. The fraction of sp³-hybridized carbons (Fsp3) is 0.455. The van der Waals surface area contributed by atoms with Crippen LogP contribution in [-0.2, 0) is 17.9 Å². The number of aromatic nitrogens is 1. The molecule has 0 radical (unpaired) electrons. The van der Waals surface area contributed by atoms with Gasteiger partial charge in [-0.15, -0.1) is 0 Å². The zero-order chi connectivity index (χ0) is 19.1. The number of fused-ring (bicyclic) bond motifs is 1. The van der Waals surface area contributed by atoms with E-state index in [0.29, 0.717) is 25.4 Å². The summed E-state index contributed by atoms with van der Waals surface area (Å²) in [5, 5.41) is 9.61. The quantitative estimate of drug-likeness (QED) is 0.904. The van der Waals surface area contributed by atoms with E-state index in [4.69, 9.17) is 0 Å². The molecule has 0 bridgehead atoms. The second-order valence-corrected chi connectivity index (χ2v) is 8.00. The van der Waals surface area contributed by atoms with Crippen LogP contribution in [0, 0.1) is 19.8 Å². The van der Waals surface area contributed by atoms with Crippen molar-refractivity contribution < 1.29 is 9.90 Å². The lowest BCUT2D eigenvalue weighted by molar-refractivity contribution is -0.133. The average Bonchev–Trinajstić information content (AvgIpc) is 3.02. The number of rotatable bonds is 4. The van der Waals surface area contributed by atoms with Gasteiger partial charge in [-0.05, 0) is 55.7 Å². The Balaban J connectivity index is 1.30. The van der Waals surface area contributed by atoms with Crippen molar-refractivity contribution in [1.82, 2.24) is 9.88 Å². The van der Waals surface area contributed by atoms with Gasteiger partial charge in [-0.1, -0.05) is 12.1 Å². The van der Waals surface area contributed by atoms with Crippen LogP contribution in [-0.4, -0.2) is 34.0 Å². The van der Waals surface area contributed by atoms with Gasteiger partial charge in [0.2, 0.25) is 5.91 Å². The lowest BCUT2D eigenvalue weighted by atomic mass is 9.94. The first kappa shape index (κ1) is 18.0. The van der Waals surface area contributed by atoms with Crippen LogP contribution in [0.2, 0.25) is 0 Å². The number of carbonyl (C=O) groups is 1. The molecule has 1 aromatic carbocycles. The first-order valence-corrected chi connectivity index (χ1v) is 9.67. The summed E-state index contributed by atoms with van der Waals surface area (Å²) in [5.74, 6) is 0.646. The van der Waals surface area contributed by atoms with Gasteiger partial charge in [-0.25, -0.2) is 0 Å². The van der Waals surface area contributed by atoms with E-state index in [9.17, 15) is 9.90 Å². The highest BCUT2D eigenvalue weighted by atomic mass is 16.3. The molecule has 1 fully saturated rings. The SMILES string of the molecule is Cc1cc(C)c2c(n1)CN(C(=O)CC1CN(c3ccc(C(C)O)cc3)C1)C2. The van der Waals surface area contributed by atoms with Gasteiger partial charge in [0.15, 0.2) is 0 Å². The van der Waals surface area contributed by atoms with Crippen LogP contribution < -0.4 is 4.90 Å². The molecular formula is C22H27N3O2. The van der Waals surface area contributed by atoms with Crippen molar-refractivity contribution in [2.45, 2.75) is 46.4 Å². The van der Waals surface area contributed by atoms with Crippen molar-refractivity contribution in [2.24, 2.45) is 5.92 Å². The van der Waals surface area contributed by atoms with E-state index in [2.05, 4.69) is 22.9 Å². The second kappa shape index (κ2) is 6.97. The van der Waals surface area contributed by atoms with Gasteiger partial charge in [-0.2, -0.15) is 0 Å². The Labute approximate surface area is 160 Å². The Morgan fingerprint density at radius 2 is 1.93 bits per heavy atom. The van der Waals surface area contributed by atoms with E-state index in [1.54, 1.807) is 6.92 Å². The van der Waals surface area contributed by atoms with Crippen LogP contribution in [0.1, 0.15) is 47.5 Å². The van der Waals surface area contributed by atoms with Gasteiger partial charge in [0.05, 0.1) is 18.3 Å². The number of aliphatic hydroxyl groups is 1. The predicted molar refractivity (Wildman–Crippen MR) is 105 cm³/mol. The molecule has 2 aromatic rings. The van der Waals surface area contributed by atoms with Crippen LogP contribution in [0.4, 0.5) is 5.69 Å². The first-order chi connectivity index (χ1) is 12.9. The number of hydrogen-bond acceptors (Lipinski definition) is 4. The smallest absolute Gasteiger partial charge is 0.223 e. The number of carbonyl (C=O) groups excluding carboxylic acids is 1. The van der Waals surface area contributed by atoms with Crippen LogP contribution in [0.5, 0.6) is 0 Å². The largest absolute Gasteiger partial charge is 0.389 e.